The predicted molar refractivity (Wildman–Crippen MR) is 94.1 cm³/mol. The molecule has 2 aromatic rings. The molecule has 6 heteroatoms. The number of hydrogen-bond donors (Lipinski definition) is 1. The Kier molecular flexibility index (Phi) is 4.14. The number of carbonyl (C=O) groups is 2. The molecule has 1 unspecified atom stereocenters. The fourth-order valence-corrected chi connectivity index (χ4v) is 3.11. The van der Waals surface area contributed by atoms with Gasteiger partial charge in [-0.2, -0.15) is 0 Å². The smallest absolute Gasteiger partial charge is 0.251 e. The Balaban J connectivity index is 1.78. The van der Waals surface area contributed by atoms with Crippen molar-refractivity contribution in [1.82, 2.24) is 10.1 Å². The molecule has 1 saturated heterocycles. The zero-order valence-corrected chi connectivity index (χ0v) is 15.0. The molecule has 1 aromatic carbocycles. The Morgan fingerprint density at radius 2 is 1.96 bits per heavy atom. The minimum Gasteiger partial charge on any atom is -0.360 e. The maximum Gasteiger partial charge on any atom is 0.251 e. The molecule has 1 N–H and O–H groups in total. The predicted octanol–water partition coefficient (Wildman–Crippen LogP) is 2.89. The lowest BCUT2D eigenvalue weighted by molar-refractivity contribution is -0.158. The van der Waals surface area contributed by atoms with Crippen LogP contribution in [0.5, 0.6) is 0 Å². The van der Waals surface area contributed by atoms with Crippen LogP contribution in [0.4, 0.5) is 5.82 Å². The molecular formula is C19H23N3O3. The van der Waals surface area contributed by atoms with Crippen LogP contribution in [-0.4, -0.2) is 34.0 Å². The molecule has 1 aromatic heterocycles. The number of benzene rings is 1. The quantitative estimate of drug-likeness (QED) is 0.928. The van der Waals surface area contributed by atoms with Crippen LogP contribution >= 0.6 is 0 Å². The SMILES string of the molecule is Cc1cc(NC(=O)C2(C)CCN2C(=O)C(C)(C)c2ccccc2)no1. The lowest BCUT2D eigenvalue weighted by Gasteiger charge is -2.51. The summed E-state index contributed by atoms with van der Waals surface area (Å²) in [6.07, 6.45) is 0.617. The van der Waals surface area contributed by atoms with Crippen LogP contribution in [-0.2, 0) is 15.0 Å². The highest BCUT2D eigenvalue weighted by atomic mass is 16.5. The van der Waals surface area contributed by atoms with E-state index in [-0.39, 0.29) is 11.8 Å². The standard InChI is InChI=1S/C19H23N3O3/c1-13-12-15(21-25-13)20-16(23)19(4)10-11-22(19)17(24)18(2,3)14-8-6-5-7-9-14/h5-9,12H,10-11H2,1-4H3,(H,20,21,23). The lowest BCUT2D eigenvalue weighted by atomic mass is 9.77. The van der Waals surface area contributed by atoms with Gasteiger partial charge >= 0.3 is 0 Å². The normalized spacial score (nSPS) is 20.1. The lowest BCUT2D eigenvalue weighted by Crippen LogP contribution is -2.68. The van der Waals surface area contributed by atoms with Gasteiger partial charge in [0.25, 0.3) is 5.91 Å². The Labute approximate surface area is 147 Å². The highest BCUT2D eigenvalue weighted by molar-refractivity contribution is 6.02. The van der Waals surface area contributed by atoms with Gasteiger partial charge < -0.3 is 14.7 Å². The Hall–Kier alpha value is -2.63. The van der Waals surface area contributed by atoms with Crippen LogP contribution in [0, 0.1) is 6.92 Å². The van der Waals surface area contributed by atoms with Crippen molar-refractivity contribution in [3.63, 3.8) is 0 Å². The summed E-state index contributed by atoms with van der Waals surface area (Å²) >= 11 is 0. The minimum absolute atomic E-state index is 0.0565. The molecule has 2 heterocycles. The van der Waals surface area contributed by atoms with Gasteiger partial charge in [0.05, 0.1) is 5.41 Å². The average Bonchev–Trinajstić information content (AvgIpc) is 2.98. The average molecular weight is 341 g/mol. The first-order valence-electron chi connectivity index (χ1n) is 8.37. The van der Waals surface area contributed by atoms with Gasteiger partial charge in [-0.1, -0.05) is 35.5 Å². The second-order valence-electron chi connectivity index (χ2n) is 7.25. The molecule has 1 aliphatic heterocycles. The highest BCUT2D eigenvalue weighted by Crippen LogP contribution is 2.37. The summed E-state index contributed by atoms with van der Waals surface area (Å²) in [5.41, 5.74) is -0.647. The van der Waals surface area contributed by atoms with Crippen LogP contribution in [0.3, 0.4) is 0 Å². The van der Waals surface area contributed by atoms with E-state index in [1.807, 2.05) is 44.2 Å². The van der Waals surface area contributed by atoms with E-state index < -0.39 is 11.0 Å². The van der Waals surface area contributed by atoms with Gasteiger partial charge in [0.15, 0.2) is 5.82 Å². The number of aromatic nitrogens is 1. The largest absolute Gasteiger partial charge is 0.360 e. The number of aryl methyl sites for hydroxylation is 1. The maximum absolute atomic E-state index is 13.1. The van der Waals surface area contributed by atoms with Gasteiger partial charge in [-0.15, -0.1) is 0 Å². The summed E-state index contributed by atoms with van der Waals surface area (Å²) in [5, 5.41) is 6.53. The summed E-state index contributed by atoms with van der Waals surface area (Å²) in [5.74, 6) is 0.681. The summed E-state index contributed by atoms with van der Waals surface area (Å²) in [4.78, 5) is 27.5. The molecule has 25 heavy (non-hydrogen) atoms. The summed E-state index contributed by atoms with van der Waals surface area (Å²) in [6.45, 7) is 7.89. The van der Waals surface area contributed by atoms with Gasteiger partial charge in [-0.3, -0.25) is 9.59 Å². The van der Waals surface area contributed by atoms with Crippen molar-refractivity contribution in [3.05, 3.63) is 47.7 Å². The van der Waals surface area contributed by atoms with Crippen LogP contribution in [0.2, 0.25) is 0 Å². The van der Waals surface area contributed by atoms with Gasteiger partial charge in [-0.05, 0) is 39.7 Å². The molecule has 6 nitrogen and oxygen atoms in total. The van der Waals surface area contributed by atoms with Crippen molar-refractivity contribution in [2.45, 2.75) is 45.1 Å². The monoisotopic (exact) mass is 341 g/mol. The number of hydrogen-bond acceptors (Lipinski definition) is 4. The van der Waals surface area contributed by atoms with E-state index in [0.29, 0.717) is 24.5 Å². The van der Waals surface area contributed by atoms with Crippen molar-refractivity contribution in [3.8, 4) is 0 Å². The number of anilines is 1. The number of amides is 2. The van der Waals surface area contributed by atoms with E-state index in [4.69, 9.17) is 4.52 Å². The molecule has 1 atom stereocenters. The highest BCUT2D eigenvalue weighted by Gasteiger charge is 2.52. The molecule has 1 aliphatic rings. The van der Waals surface area contributed by atoms with Gasteiger partial charge in [-0.25, -0.2) is 0 Å². The molecule has 0 spiro atoms. The van der Waals surface area contributed by atoms with E-state index in [2.05, 4.69) is 10.5 Å². The van der Waals surface area contributed by atoms with E-state index in [1.54, 1.807) is 24.8 Å². The molecule has 0 radical (unpaired) electrons. The van der Waals surface area contributed by atoms with Crippen molar-refractivity contribution in [2.75, 3.05) is 11.9 Å². The minimum atomic E-state index is -0.879. The van der Waals surface area contributed by atoms with Crippen molar-refractivity contribution in [2.24, 2.45) is 0 Å². The number of nitrogens with zero attached hydrogens (tertiary/aromatic N) is 2. The molecule has 0 aliphatic carbocycles. The third kappa shape index (κ3) is 2.92. The van der Waals surface area contributed by atoms with Gasteiger partial charge in [0.2, 0.25) is 5.91 Å². The van der Waals surface area contributed by atoms with E-state index in [9.17, 15) is 9.59 Å². The Bertz CT molecular complexity index is 797. The molecule has 0 bridgehead atoms. The van der Waals surface area contributed by atoms with Crippen molar-refractivity contribution < 1.29 is 14.1 Å². The number of rotatable bonds is 4. The zero-order chi connectivity index (χ0) is 18.2. The molecule has 132 valence electrons. The molecule has 2 amide bonds. The van der Waals surface area contributed by atoms with Gasteiger partial charge in [0.1, 0.15) is 11.3 Å². The fourth-order valence-electron chi connectivity index (χ4n) is 3.11. The maximum atomic E-state index is 13.1. The summed E-state index contributed by atoms with van der Waals surface area (Å²) in [7, 11) is 0. The zero-order valence-electron chi connectivity index (χ0n) is 15.0. The summed E-state index contributed by atoms with van der Waals surface area (Å²) < 4.78 is 4.97. The van der Waals surface area contributed by atoms with Gasteiger partial charge in [0, 0.05) is 12.6 Å². The van der Waals surface area contributed by atoms with Crippen LogP contribution in [0.1, 0.15) is 38.5 Å². The van der Waals surface area contributed by atoms with Crippen LogP contribution in [0.15, 0.2) is 40.9 Å². The first-order valence-corrected chi connectivity index (χ1v) is 8.37. The number of carbonyl (C=O) groups excluding carboxylic acids is 2. The molecule has 1 fully saturated rings. The summed E-state index contributed by atoms with van der Waals surface area (Å²) in [6, 6.07) is 11.3. The van der Waals surface area contributed by atoms with Crippen molar-refractivity contribution in [1.29, 1.82) is 0 Å². The second kappa shape index (κ2) is 6.02. The van der Waals surface area contributed by atoms with E-state index in [0.717, 1.165) is 5.56 Å². The number of likely N-dealkylation sites (tertiary alicyclic amines) is 1. The van der Waals surface area contributed by atoms with Crippen molar-refractivity contribution >= 4 is 17.6 Å². The molecular weight excluding hydrogens is 318 g/mol. The number of nitrogens with one attached hydrogen (secondary N) is 1. The van der Waals surface area contributed by atoms with E-state index in [1.165, 1.54) is 0 Å². The van der Waals surface area contributed by atoms with Crippen LogP contribution in [0.25, 0.3) is 0 Å². The first kappa shape index (κ1) is 17.2. The fraction of sp³-hybridized carbons (Fsp3) is 0.421. The first-order chi connectivity index (χ1) is 11.7. The topological polar surface area (TPSA) is 75.4 Å². The Morgan fingerprint density at radius 3 is 2.48 bits per heavy atom. The van der Waals surface area contributed by atoms with E-state index >= 15 is 0 Å². The molecule has 0 saturated carbocycles. The molecule has 3 rings (SSSR count). The third-order valence-electron chi connectivity index (χ3n) is 5.05. The van der Waals surface area contributed by atoms with Crippen LogP contribution < -0.4 is 5.32 Å². The second-order valence-corrected chi connectivity index (χ2v) is 7.25. The Morgan fingerprint density at radius 1 is 1.28 bits per heavy atom. The third-order valence-corrected chi connectivity index (χ3v) is 5.05.